The molecule has 2 aromatic carbocycles. The number of hydrogen-bond donors (Lipinski definition) is 4. The monoisotopic (exact) mass is 477 g/mol. The van der Waals surface area contributed by atoms with Crippen molar-refractivity contribution in [2.45, 2.75) is 32.1 Å². The number of methoxy groups -OCH3 is 1. The number of rotatable bonds is 9. The molecule has 0 unspecified atom stereocenters. The Morgan fingerprint density at radius 1 is 1.20 bits per heavy atom. The fraction of sp³-hybridized carbons (Fsp3) is 0.269. The third-order valence-corrected chi connectivity index (χ3v) is 5.74. The number of imidazole rings is 1. The first kappa shape index (κ1) is 23.9. The van der Waals surface area contributed by atoms with E-state index in [2.05, 4.69) is 15.3 Å². The van der Waals surface area contributed by atoms with E-state index in [1.807, 2.05) is 24.3 Å². The summed E-state index contributed by atoms with van der Waals surface area (Å²) in [5, 5.41) is 23.3. The van der Waals surface area contributed by atoms with Gasteiger partial charge in [0.2, 0.25) is 17.1 Å². The summed E-state index contributed by atoms with van der Waals surface area (Å²) in [6.07, 6.45) is 1.26. The van der Waals surface area contributed by atoms with E-state index < -0.39 is 17.1 Å². The molecule has 0 saturated heterocycles. The van der Waals surface area contributed by atoms with Gasteiger partial charge in [0.1, 0.15) is 11.6 Å². The molecule has 1 amide bonds. The number of phenols is 1. The van der Waals surface area contributed by atoms with Crippen molar-refractivity contribution in [1.29, 1.82) is 0 Å². The first-order valence-electron chi connectivity index (χ1n) is 11.3. The summed E-state index contributed by atoms with van der Waals surface area (Å²) in [5.74, 6) is -0.327. The van der Waals surface area contributed by atoms with E-state index in [4.69, 9.17) is 9.15 Å². The Kier molecular flexibility index (Phi) is 7.05. The first-order chi connectivity index (χ1) is 16.9. The second kappa shape index (κ2) is 10.3. The van der Waals surface area contributed by atoms with E-state index in [-0.39, 0.29) is 29.6 Å². The third kappa shape index (κ3) is 5.46. The highest BCUT2D eigenvalue weighted by Gasteiger charge is 2.26. The Bertz CT molecular complexity index is 1370. The summed E-state index contributed by atoms with van der Waals surface area (Å²) in [6, 6.07) is 13.5. The molecule has 0 saturated carbocycles. The van der Waals surface area contributed by atoms with Crippen LogP contribution in [0.5, 0.6) is 17.2 Å². The number of carbonyl (C=O) groups excluding carboxylic acids is 1. The number of hydrogen-bond acceptors (Lipinski definition) is 7. The van der Waals surface area contributed by atoms with Gasteiger partial charge < -0.3 is 29.7 Å². The van der Waals surface area contributed by atoms with Crippen molar-refractivity contribution in [3.63, 3.8) is 0 Å². The SMILES string of the molecule is COc1cc([C@H](CC(=O)NCCCc2nc3ccccc3[nH]2)c2oc(C)cc(=O)c2O)ccc1O. The second-order valence-electron chi connectivity index (χ2n) is 8.28. The van der Waals surface area contributed by atoms with Crippen LogP contribution in [0.1, 0.15) is 41.7 Å². The zero-order valence-corrected chi connectivity index (χ0v) is 19.5. The van der Waals surface area contributed by atoms with Crippen molar-refractivity contribution in [2.75, 3.05) is 13.7 Å². The minimum absolute atomic E-state index is 0.0137. The predicted octanol–water partition coefficient (Wildman–Crippen LogP) is 3.52. The molecule has 4 rings (SSSR count). The predicted molar refractivity (Wildman–Crippen MR) is 130 cm³/mol. The van der Waals surface area contributed by atoms with Gasteiger partial charge in [-0.25, -0.2) is 4.98 Å². The Morgan fingerprint density at radius 2 is 2.00 bits per heavy atom. The van der Waals surface area contributed by atoms with Crippen LogP contribution in [0, 0.1) is 6.92 Å². The Hall–Kier alpha value is -4.27. The number of aromatic hydroxyl groups is 2. The van der Waals surface area contributed by atoms with E-state index >= 15 is 0 Å². The molecule has 0 aliphatic rings. The van der Waals surface area contributed by atoms with Crippen LogP contribution in [0.4, 0.5) is 0 Å². The van der Waals surface area contributed by atoms with Gasteiger partial charge in [-0.1, -0.05) is 18.2 Å². The summed E-state index contributed by atoms with van der Waals surface area (Å²) in [4.78, 5) is 32.8. The number of fused-ring (bicyclic) bond motifs is 1. The number of ether oxygens (including phenoxy) is 1. The molecule has 1 atom stereocenters. The van der Waals surface area contributed by atoms with Gasteiger partial charge in [0.05, 0.1) is 24.1 Å². The van der Waals surface area contributed by atoms with Gasteiger partial charge in [-0.15, -0.1) is 0 Å². The topological polar surface area (TPSA) is 138 Å². The normalized spacial score (nSPS) is 11.9. The molecule has 0 aliphatic carbocycles. The molecule has 2 heterocycles. The summed E-state index contributed by atoms with van der Waals surface area (Å²) in [7, 11) is 1.41. The zero-order valence-electron chi connectivity index (χ0n) is 19.5. The summed E-state index contributed by atoms with van der Waals surface area (Å²) in [5.41, 5.74) is 1.82. The van der Waals surface area contributed by atoms with Gasteiger partial charge in [0.15, 0.2) is 17.3 Å². The van der Waals surface area contributed by atoms with Crippen molar-refractivity contribution < 1.29 is 24.2 Å². The third-order valence-electron chi connectivity index (χ3n) is 5.74. The minimum atomic E-state index is -0.771. The lowest BCUT2D eigenvalue weighted by Gasteiger charge is -2.19. The molecule has 9 heteroatoms. The fourth-order valence-corrected chi connectivity index (χ4v) is 4.00. The van der Waals surface area contributed by atoms with Gasteiger partial charge in [0, 0.05) is 25.5 Å². The van der Waals surface area contributed by atoms with Crippen molar-refractivity contribution in [3.05, 3.63) is 81.7 Å². The van der Waals surface area contributed by atoms with Gasteiger partial charge >= 0.3 is 0 Å². The van der Waals surface area contributed by atoms with E-state index in [0.717, 1.165) is 16.9 Å². The number of benzene rings is 2. The van der Waals surface area contributed by atoms with E-state index in [1.54, 1.807) is 19.1 Å². The van der Waals surface area contributed by atoms with Gasteiger partial charge in [0.25, 0.3) is 0 Å². The van der Waals surface area contributed by atoms with Crippen LogP contribution in [0.2, 0.25) is 0 Å². The molecular formula is C26H27N3O6. The number of aryl methyl sites for hydroxylation is 2. The highest BCUT2D eigenvalue weighted by Crippen LogP contribution is 2.37. The number of carbonyl (C=O) groups is 1. The minimum Gasteiger partial charge on any atom is -0.504 e. The quantitative estimate of drug-likeness (QED) is 0.271. The fourth-order valence-electron chi connectivity index (χ4n) is 4.00. The number of amides is 1. The molecule has 4 N–H and O–H groups in total. The first-order valence-corrected chi connectivity index (χ1v) is 11.3. The van der Waals surface area contributed by atoms with E-state index in [9.17, 15) is 19.8 Å². The standard InChI is InChI=1S/C26H27N3O6/c1-15-12-21(31)25(33)26(35-15)17(16-9-10-20(30)22(13-16)34-2)14-24(32)27-11-5-8-23-28-18-6-3-4-7-19(18)29-23/h3-4,6-7,9-10,12-13,17,30,33H,5,8,11,14H2,1-2H3,(H,27,32)(H,28,29)/t17-/m0/s1. The highest BCUT2D eigenvalue weighted by atomic mass is 16.5. The smallest absolute Gasteiger partial charge is 0.227 e. The maximum Gasteiger partial charge on any atom is 0.227 e. The molecule has 0 bridgehead atoms. The molecule has 35 heavy (non-hydrogen) atoms. The molecule has 0 spiro atoms. The maximum absolute atomic E-state index is 12.8. The number of phenolic OH excluding ortho intramolecular Hbond substituents is 1. The van der Waals surface area contributed by atoms with Crippen LogP contribution in [0.3, 0.4) is 0 Å². The molecular weight excluding hydrogens is 450 g/mol. The van der Waals surface area contributed by atoms with Crippen LogP contribution in [-0.2, 0) is 11.2 Å². The van der Waals surface area contributed by atoms with Crippen molar-refractivity contribution in [2.24, 2.45) is 0 Å². The van der Waals surface area contributed by atoms with E-state index in [0.29, 0.717) is 30.7 Å². The molecule has 0 radical (unpaired) electrons. The maximum atomic E-state index is 12.8. The second-order valence-corrected chi connectivity index (χ2v) is 8.28. The van der Waals surface area contributed by atoms with E-state index in [1.165, 1.54) is 19.2 Å². The zero-order chi connectivity index (χ0) is 24.9. The van der Waals surface area contributed by atoms with Gasteiger partial charge in [-0.3, -0.25) is 9.59 Å². The molecule has 182 valence electrons. The van der Waals surface area contributed by atoms with Crippen LogP contribution in [0.25, 0.3) is 11.0 Å². The number of H-pyrrole nitrogens is 1. The van der Waals surface area contributed by atoms with Crippen molar-refractivity contribution in [3.8, 4) is 17.2 Å². The van der Waals surface area contributed by atoms with Gasteiger partial charge in [-0.2, -0.15) is 0 Å². The van der Waals surface area contributed by atoms with Crippen LogP contribution < -0.4 is 15.5 Å². The van der Waals surface area contributed by atoms with Crippen LogP contribution in [0.15, 0.2) is 57.7 Å². The number of nitrogens with zero attached hydrogens (tertiary/aromatic N) is 1. The lowest BCUT2D eigenvalue weighted by molar-refractivity contribution is -0.121. The number of aromatic amines is 1. The number of aromatic nitrogens is 2. The lowest BCUT2D eigenvalue weighted by atomic mass is 9.91. The number of nitrogens with one attached hydrogen (secondary N) is 2. The summed E-state index contributed by atoms with van der Waals surface area (Å²) >= 11 is 0. The molecule has 0 aliphatic heterocycles. The molecule has 9 nitrogen and oxygen atoms in total. The Morgan fingerprint density at radius 3 is 2.77 bits per heavy atom. The molecule has 4 aromatic rings. The average molecular weight is 478 g/mol. The summed E-state index contributed by atoms with van der Waals surface area (Å²) < 4.78 is 10.9. The number of para-hydroxylation sites is 2. The largest absolute Gasteiger partial charge is 0.504 e. The highest BCUT2D eigenvalue weighted by molar-refractivity contribution is 5.77. The lowest BCUT2D eigenvalue weighted by Crippen LogP contribution is -2.27. The van der Waals surface area contributed by atoms with Crippen molar-refractivity contribution in [1.82, 2.24) is 15.3 Å². The Balaban J connectivity index is 1.47. The Labute approximate surface area is 201 Å². The molecule has 2 aromatic heterocycles. The summed E-state index contributed by atoms with van der Waals surface area (Å²) in [6.45, 7) is 2.02. The van der Waals surface area contributed by atoms with Crippen molar-refractivity contribution >= 4 is 16.9 Å². The van der Waals surface area contributed by atoms with Gasteiger partial charge in [-0.05, 0) is 43.2 Å². The molecule has 0 fully saturated rings. The average Bonchev–Trinajstić information content (AvgIpc) is 3.26. The van der Waals surface area contributed by atoms with Crippen LogP contribution in [-0.4, -0.2) is 39.7 Å². The van der Waals surface area contributed by atoms with Crippen LogP contribution >= 0.6 is 0 Å².